The fourth-order valence-corrected chi connectivity index (χ4v) is 4.11. The highest BCUT2D eigenvalue weighted by molar-refractivity contribution is 7.89. The molecular weight excluding hydrogens is 330 g/mol. The molecule has 0 unspecified atom stereocenters. The van der Waals surface area contributed by atoms with Gasteiger partial charge in [0.2, 0.25) is 15.9 Å². The predicted octanol–water partition coefficient (Wildman–Crippen LogP) is 0.881. The van der Waals surface area contributed by atoms with Gasteiger partial charge in [0.15, 0.2) is 0 Å². The van der Waals surface area contributed by atoms with Gasteiger partial charge in [-0.15, -0.1) is 0 Å². The molecule has 1 atom stereocenters. The maximum Gasteiger partial charge on any atom is 0.244 e. The van der Waals surface area contributed by atoms with Crippen LogP contribution in [0.15, 0.2) is 35.6 Å². The Balaban J connectivity index is 1.81. The second kappa shape index (κ2) is 6.88. The summed E-state index contributed by atoms with van der Waals surface area (Å²) in [6.07, 6.45) is 4.76. The molecule has 24 heavy (non-hydrogen) atoms. The van der Waals surface area contributed by atoms with Crippen LogP contribution in [0.4, 0.5) is 0 Å². The molecule has 0 spiro atoms. The van der Waals surface area contributed by atoms with Gasteiger partial charge in [0.05, 0.1) is 18.8 Å². The van der Waals surface area contributed by atoms with E-state index in [1.807, 2.05) is 14.0 Å². The summed E-state index contributed by atoms with van der Waals surface area (Å²) in [5, 5.41) is 0. The SMILES string of the molecule is CCOc1ccc(S(=O)(=O)N2CCN(C)[C@@H](c3ncc[nH]3)C2)cn1. The third-order valence-corrected chi connectivity index (χ3v) is 5.93. The third-order valence-electron chi connectivity index (χ3n) is 4.08. The number of piperazine rings is 1. The Bertz CT molecular complexity index is 761. The highest BCUT2D eigenvalue weighted by Crippen LogP contribution is 2.26. The molecule has 1 N–H and O–H groups in total. The molecule has 2 aromatic rings. The van der Waals surface area contributed by atoms with Gasteiger partial charge in [0, 0.05) is 38.1 Å². The van der Waals surface area contributed by atoms with Crippen LogP contribution in [0.3, 0.4) is 0 Å². The van der Waals surface area contributed by atoms with Gasteiger partial charge in [-0.05, 0) is 20.0 Å². The minimum absolute atomic E-state index is 0.0980. The number of ether oxygens (including phenoxy) is 1. The molecule has 8 nitrogen and oxygen atoms in total. The number of rotatable bonds is 5. The zero-order valence-corrected chi connectivity index (χ0v) is 14.5. The van der Waals surface area contributed by atoms with Crippen molar-refractivity contribution < 1.29 is 13.2 Å². The summed E-state index contributed by atoms with van der Waals surface area (Å²) in [6, 6.07) is 3.02. The smallest absolute Gasteiger partial charge is 0.244 e. The zero-order chi connectivity index (χ0) is 17.2. The Morgan fingerprint density at radius 2 is 2.17 bits per heavy atom. The molecule has 0 amide bonds. The number of imidazole rings is 1. The monoisotopic (exact) mass is 351 g/mol. The maximum absolute atomic E-state index is 12.9. The van der Waals surface area contributed by atoms with Gasteiger partial charge in [0.1, 0.15) is 10.7 Å². The van der Waals surface area contributed by atoms with E-state index in [9.17, 15) is 8.42 Å². The number of H-pyrrole nitrogens is 1. The first-order valence-electron chi connectivity index (χ1n) is 7.81. The molecule has 1 aliphatic heterocycles. The second-order valence-electron chi connectivity index (χ2n) is 5.60. The second-order valence-corrected chi connectivity index (χ2v) is 7.54. The van der Waals surface area contributed by atoms with Gasteiger partial charge in [-0.1, -0.05) is 0 Å². The van der Waals surface area contributed by atoms with Gasteiger partial charge < -0.3 is 9.72 Å². The molecule has 0 aliphatic carbocycles. The number of aromatic nitrogens is 3. The van der Waals surface area contributed by atoms with Crippen molar-refractivity contribution in [3.63, 3.8) is 0 Å². The number of sulfonamides is 1. The molecule has 3 heterocycles. The number of pyridine rings is 1. The largest absolute Gasteiger partial charge is 0.478 e. The first kappa shape index (κ1) is 16.9. The Kier molecular flexibility index (Phi) is 4.83. The van der Waals surface area contributed by atoms with E-state index in [2.05, 4.69) is 19.9 Å². The summed E-state index contributed by atoms with van der Waals surface area (Å²) in [4.78, 5) is 13.7. The van der Waals surface area contributed by atoms with E-state index >= 15 is 0 Å². The van der Waals surface area contributed by atoms with E-state index < -0.39 is 10.0 Å². The minimum atomic E-state index is -3.59. The van der Waals surface area contributed by atoms with Crippen molar-refractivity contribution in [3.05, 3.63) is 36.5 Å². The Labute approximate surface area is 141 Å². The Morgan fingerprint density at radius 3 is 2.79 bits per heavy atom. The molecule has 3 rings (SSSR count). The fraction of sp³-hybridized carbons (Fsp3) is 0.467. The molecule has 1 fully saturated rings. The summed E-state index contributed by atoms with van der Waals surface area (Å²) in [5.41, 5.74) is 0. The van der Waals surface area contributed by atoms with E-state index in [-0.39, 0.29) is 10.9 Å². The quantitative estimate of drug-likeness (QED) is 0.860. The minimum Gasteiger partial charge on any atom is -0.478 e. The number of hydrogen-bond donors (Lipinski definition) is 1. The lowest BCUT2D eigenvalue weighted by atomic mass is 10.2. The van der Waals surface area contributed by atoms with Crippen LogP contribution in [-0.4, -0.2) is 65.9 Å². The number of hydrogen-bond acceptors (Lipinski definition) is 6. The molecule has 130 valence electrons. The van der Waals surface area contributed by atoms with E-state index in [0.29, 0.717) is 32.1 Å². The predicted molar refractivity (Wildman–Crippen MR) is 88.1 cm³/mol. The molecular formula is C15H21N5O3S. The van der Waals surface area contributed by atoms with Gasteiger partial charge in [0.25, 0.3) is 0 Å². The lowest BCUT2D eigenvalue weighted by molar-refractivity contribution is 0.142. The van der Waals surface area contributed by atoms with E-state index in [0.717, 1.165) is 5.82 Å². The molecule has 1 saturated heterocycles. The maximum atomic E-state index is 12.9. The van der Waals surface area contributed by atoms with Crippen LogP contribution in [0, 0.1) is 0 Å². The van der Waals surface area contributed by atoms with Crippen LogP contribution < -0.4 is 4.74 Å². The standard InChI is InChI=1S/C15H21N5O3S/c1-3-23-14-5-4-12(10-18-14)24(21,22)20-9-8-19(2)13(11-20)15-16-6-7-17-15/h4-7,10,13H,3,8-9,11H2,1-2H3,(H,16,17)/t13-/m1/s1. The van der Waals surface area contributed by atoms with Crippen molar-refractivity contribution >= 4 is 10.0 Å². The highest BCUT2D eigenvalue weighted by Gasteiger charge is 2.34. The Morgan fingerprint density at radius 1 is 1.33 bits per heavy atom. The molecule has 9 heteroatoms. The van der Waals surface area contributed by atoms with Crippen molar-refractivity contribution in [2.75, 3.05) is 33.3 Å². The van der Waals surface area contributed by atoms with Crippen LogP contribution in [0.5, 0.6) is 5.88 Å². The van der Waals surface area contributed by atoms with E-state index in [1.165, 1.54) is 16.6 Å². The molecule has 0 aromatic carbocycles. The summed E-state index contributed by atoms with van der Waals surface area (Å²) in [5.74, 6) is 1.19. The lowest BCUT2D eigenvalue weighted by Gasteiger charge is -2.37. The van der Waals surface area contributed by atoms with Crippen LogP contribution in [0.2, 0.25) is 0 Å². The van der Waals surface area contributed by atoms with Crippen molar-refractivity contribution in [2.45, 2.75) is 17.9 Å². The highest BCUT2D eigenvalue weighted by atomic mass is 32.2. The molecule has 2 aromatic heterocycles. The van der Waals surface area contributed by atoms with E-state index in [1.54, 1.807) is 18.5 Å². The fourth-order valence-electron chi connectivity index (χ4n) is 2.72. The number of aromatic amines is 1. The average Bonchev–Trinajstić information content (AvgIpc) is 3.10. The van der Waals surface area contributed by atoms with Crippen molar-refractivity contribution in [2.24, 2.45) is 0 Å². The van der Waals surface area contributed by atoms with E-state index in [4.69, 9.17) is 4.74 Å². The van der Waals surface area contributed by atoms with Gasteiger partial charge in [-0.25, -0.2) is 18.4 Å². The number of nitrogens with zero attached hydrogens (tertiary/aromatic N) is 4. The van der Waals surface area contributed by atoms with Crippen LogP contribution in [-0.2, 0) is 10.0 Å². The van der Waals surface area contributed by atoms with Gasteiger partial charge in [-0.2, -0.15) is 4.31 Å². The first-order chi connectivity index (χ1) is 11.5. The van der Waals surface area contributed by atoms with Crippen molar-refractivity contribution in [1.82, 2.24) is 24.2 Å². The average molecular weight is 351 g/mol. The van der Waals surface area contributed by atoms with Crippen LogP contribution in [0.1, 0.15) is 18.8 Å². The zero-order valence-electron chi connectivity index (χ0n) is 13.7. The Hall–Kier alpha value is -1.97. The molecule has 0 radical (unpaired) electrons. The molecule has 0 bridgehead atoms. The van der Waals surface area contributed by atoms with Gasteiger partial charge in [-0.3, -0.25) is 4.90 Å². The summed E-state index contributed by atoms with van der Waals surface area (Å²) in [6.45, 7) is 3.76. The topological polar surface area (TPSA) is 91.4 Å². The number of nitrogens with one attached hydrogen (secondary N) is 1. The molecule has 0 saturated carbocycles. The van der Waals surface area contributed by atoms with Crippen molar-refractivity contribution in [1.29, 1.82) is 0 Å². The summed E-state index contributed by atoms with van der Waals surface area (Å²) >= 11 is 0. The lowest BCUT2D eigenvalue weighted by Crippen LogP contribution is -2.49. The summed E-state index contributed by atoms with van der Waals surface area (Å²) < 4.78 is 32.5. The number of likely N-dealkylation sites (N-methyl/N-ethyl adjacent to an activating group) is 1. The summed E-state index contributed by atoms with van der Waals surface area (Å²) in [7, 11) is -1.63. The third kappa shape index (κ3) is 3.28. The first-order valence-corrected chi connectivity index (χ1v) is 9.25. The van der Waals surface area contributed by atoms with Gasteiger partial charge >= 0.3 is 0 Å². The van der Waals surface area contributed by atoms with Crippen molar-refractivity contribution in [3.8, 4) is 5.88 Å². The van der Waals surface area contributed by atoms with Crippen LogP contribution >= 0.6 is 0 Å². The van der Waals surface area contributed by atoms with Crippen LogP contribution in [0.25, 0.3) is 0 Å². The normalized spacial score (nSPS) is 20.2. The molecule has 1 aliphatic rings.